The van der Waals surface area contributed by atoms with Crippen molar-refractivity contribution in [2.24, 2.45) is 0 Å². The molecular formula is C21H23N3O2. The molecule has 0 atom stereocenters. The molecule has 0 aliphatic heterocycles. The molecule has 26 heavy (non-hydrogen) atoms. The summed E-state index contributed by atoms with van der Waals surface area (Å²) in [6.07, 6.45) is 0. The third kappa shape index (κ3) is 3.33. The Hall–Kier alpha value is -3.08. The van der Waals surface area contributed by atoms with Crippen LogP contribution in [0.15, 0.2) is 59.4 Å². The molecule has 3 aromatic rings. The van der Waals surface area contributed by atoms with Crippen LogP contribution >= 0.6 is 0 Å². The van der Waals surface area contributed by atoms with Crippen molar-refractivity contribution in [3.05, 3.63) is 70.5 Å². The van der Waals surface area contributed by atoms with Crippen molar-refractivity contribution in [3.63, 3.8) is 0 Å². The summed E-state index contributed by atoms with van der Waals surface area (Å²) in [6.45, 7) is 4.72. The Balaban J connectivity index is 2.27. The van der Waals surface area contributed by atoms with E-state index in [4.69, 9.17) is 4.74 Å². The summed E-state index contributed by atoms with van der Waals surface area (Å²) in [5, 5.41) is 4.65. The lowest BCUT2D eigenvalue weighted by molar-refractivity contribution is 0.415. The van der Waals surface area contributed by atoms with Gasteiger partial charge in [-0.1, -0.05) is 30.3 Å². The Bertz CT molecular complexity index is 979. The standard InChI is InChI=1S/C21H23N3O2/c1-5-23(3)20-14-18(16-10-8-11-17(13-16)26-4)22-24(21(20)25)19-12-7-6-9-15(19)2/h6-14H,5H2,1-4H3. The van der Waals surface area contributed by atoms with Crippen molar-refractivity contribution < 1.29 is 4.74 Å². The van der Waals surface area contributed by atoms with E-state index in [1.165, 1.54) is 4.68 Å². The molecule has 5 heteroatoms. The Morgan fingerprint density at radius 1 is 1.12 bits per heavy atom. The number of nitrogens with zero attached hydrogens (tertiary/aromatic N) is 3. The highest BCUT2D eigenvalue weighted by atomic mass is 16.5. The van der Waals surface area contributed by atoms with E-state index in [9.17, 15) is 4.79 Å². The Morgan fingerprint density at radius 2 is 1.88 bits per heavy atom. The predicted octanol–water partition coefficient (Wildman–Crippen LogP) is 3.67. The maximum absolute atomic E-state index is 13.1. The molecule has 0 aliphatic rings. The summed E-state index contributed by atoms with van der Waals surface area (Å²) in [4.78, 5) is 15.0. The smallest absolute Gasteiger partial charge is 0.295 e. The molecule has 134 valence electrons. The average molecular weight is 349 g/mol. The molecule has 0 radical (unpaired) electrons. The largest absolute Gasteiger partial charge is 0.497 e. The number of hydrogen-bond acceptors (Lipinski definition) is 4. The summed E-state index contributed by atoms with van der Waals surface area (Å²) in [5.41, 5.74) is 3.89. The van der Waals surface area contributed by atoms with E-state index in [0.29, 0.717) is 5.69 Å². The molecule has 0 spiro atoms. The van der Waals surface area contributed by atoms with E-state index < -0.39 is 0 Å². The highest BCUT2D eigenvalue weighted by Gasteiger charge is 2.15. The van der Waals surface area contributed by atoms with Gasteiger partial charge in [0.25, 0.3) is 5.56 Å². The maximum atomic E-state index is 13.1. The van der Waals surface area contributed by atoms with E-state index >= 15 is 0 Å². The van der Waals surface area contributed by atoms with E-state index in [1.54, 1.807) is 7.11 Å². The van der Waals surface area contributed by atoms with Gasteiger partial charge in [0.05, 0.1) is 18.5 Å². The van der Waals surface area contributed by atoms with Gasteiger partial charge in [-0.2, -0.15) is 9.78 Å². The molecule has 0 fully saturated rings. The summed E-state index contributed by atoms with van der Waals surface area (Å²) in [5.74, 6) is 0.753. The molecule has 5 nitrogen and oxygen atoms in total. The van der Waals surface area contributed by atoms with Gasteiger partial charge in [0.2, 0.25) is 0 Å². The molecule has 0 aliphatic carbocycles. The lowest BCUT2D eigenvalue weighted by Crippen LogP contribution is -2.30. The summed E-state index contributed by atoms with van der Waals surface area (Å²) in [6, 6.07) is 17.3. The van der Waals surface area contributed by atoms with Gasteiger partial charge in [0.1, 0.15) is 11.4 Å². The van der Waals surface area contributed by atoms with Gasteiger partial charge in [-0.3, -0.25) is 4.79 Å². The average Bonchev–Trinajstić information content (AvgIpc) is 2.68. The lowest BCUT2D eigenvalue weighted by Gasteiger charge is -2.19. The van der Waals surface area contributed by atoms with E-state index in [0.717, 1.165) is 34.8 Å². The van der Waals surface area contributed by atoms with Crippen LogP contribution in [0.2, 0.25) is 0 Å². The molecule has 0 unspecified atom stereocenters. The minimum atomic E-state index is -0.129. The Kier molecular flexibility index (Phi) is 5.07. The van der Waals surface area contributed by atoms with Crippen molar-refractivity contribution in [1.29, 1.82) is 0 Å². The molecule has 1 heterocycles. The van der Waals surface area contributed by atoms with Crippen molar-refractivity contribution in [2.75, 3.05) is 25.6 Å². The highest BCUT2D eigenvalue weighted by Crippen LogP contribution is 2.24. The molecule has 0 N–H and O–H groups in total. The van der Waals surface area contributed by atoms with E-state index in [-0.39, 0.29) is 5.56 Å². The number of rotatable bonds is 5. The van der Waals surface area contributed by atoms with E-state index in [2.05, 4.69) is 5.10 Å². The number of methoxy groups -OCH3 is 1. The SMILES string of the molecule is CCN(C)c1cc(-c2cccc(OC)c2)nn(-c2ccccc2C)c1=O. The first-order valence-electron chi connectivity index (χ1n) is 8.61. The number of para-hydroxylation sites is 1. The van der Waals surface area contributed by atoms with Crippen LogP contribution in [0.4, 0.5) is 5.69 Å². The first-order chi connectivity index (χ1) is 12.5. The fourth-order valence-corrected chi connectivity index (χ4v) is 2.81. The predicted molar refractivity (Wildman–Crippen MR) is 106 cm³/mol. The molecule has 2 aromatic carbocycles. The zero-order valence-corrected chi connectivity index (χ0v) is 15.6. The summed E-state index contributed by atoms with van der Waals surface area (Å²) in [7, 11) is 3.55. The molecule has 1 aromatic heterocycles. The van der Waals surface area contributed by atoms with Crippen molar-refractivity contribution in [3.8, 4) is 22.7 Å². The van der Waals surface area contributed by atoms with Crippen LogP contribution in [0.25, 0.3) is 16.9 Å². The zero-order chi connectivity index (χ0) is 18.7. The second kappa shape index (κ2) is 7.44. The quantitative estimate of drug-likeness (QED) is 0.705. The number of aryl methyl sites for hydroxylation is 1. The van der Waals surface area contributed by atoms with Crippen molar-refractivity contribution in [1.82, 2.24) is 9.78 Å². The van der Waals surface area contributed by atoms with Gasteiger partial charge < -0.3 is 9.64 Å². The molecule has 3 rings (SSSR count). The lowest BCUT2D eigenvalue weighted by atomic mass is 10.1. The molecular weight excluding hydrogens is 326 g/mol. The molecule has 0 amide bonds. The number of aromatic nitrogens is 2. The summed E-state index contributed by atoms with van der Waals surface area (Å²) >= 11 is 0. The monoisotopic (exact) mass is 349 g/mol. The van der Waals surface area contributed by atoms with Crippen LogP contribution < -0.4 is 15.2 Å². The number of anilines is 1. The first kappa shape index (κ1) is 17.7. The number of ether oxygens (including phenoxy) is 1. The molecule has 0 saturated carbocycles. The topological polar surface area (TPSA) is 47.4 Å². The number of hydrogen-bond donors (Lipinski definition) is 0. The Labute approximate surface area is 153 Å². The first-order valence-corrected chi connectivity index (χ1v) is 8.61. The van der Waals surface area contributed by atoms with E-state index in [1.807, 2.05) is 80.4 Å². The fourth-order valence-electron chi connectivity index (χ4n) is 2.81. The Morgan fingerprint density at radius 3 is 2.58 bits per heavy atom. The van der Waals surface area contributed by atoms with Gasteiger partial charge in [-0.25, -0.2) is 0 Å². The summed E-state index contributed by atoms with van der Waals surface area (Å²) < 4.78 is 6.82. The normalized spacial score (nSPS) is 10.6. The molecule has 0 bridgehead atoms. The number of benzene rings is 2. The van der Waals surface area contributed by atoms with Crippen LogP contribution in [0, 0.1) is 6.92 Å². The minimum Gasteiger partial charge on any atom is -0.497 e. The zero-order valence-electron chi connectivity index (χ0n) is 15.6. The van der Waals surface area contributed by atoms with Crippen LogP contribution in [0.3, 0.4) is 0 Å². The maximum Gasteiger partial charge on any atom is 0.295 e. The minimum absolute atomic E-state index is 0.129. The fraction of sp³-hybridized carbons (Fsp3) is 0.238. The van der Waals surface area contributed by atoms with Gasteiger partial charge in [0.15, 0.2) is 0 Å². The van der Waals surface area contributed by atoms with Crippen molar-refractivity contribution >= 4 is 5.69 Å². The third-order valence-corrected chi connectivity index (χ3v) is 4.49. The van der Waals surface area contributed by atoms with Gasteiger partial charge in [-0.05, 0) is 43.7 Å². The van der Waals surface area contributed by atoms with Gasteiger partial charge in [0, 0.05) is 19.2 Å². The second-order valence-corrected chi connectivity index (χ2v) is 6.16. The van der Waals surface area contributed by atoms with Crippen molar-refractivity contribution in [2.45, 2.75) is 13.8 Å². The van der Waals surface area contributed by atoms with Gasteiger partial charge >= 0.3 is 0 Å². The van der Waals surface area contributed by atoms with Crippen LogP contribution in [-0.2, 0) is 0 Å². The third-order valence-electron chi connectivity index (χ3n) is 4.49. The molecule has 0 saturated heterocycles. The van der Waals surface area contributed by atoms with Crippen LogP contribution in [0.1, 0.15) is 12.5 Å². The van der Waals surface area contributed by atoms with Crippen LogP contribution in [0.5, 0.6) is 5.75 Å². The second-order valence-electron chi connectivity index (χ2n) is 6.16. The van der Waals surface area contributed by atoms with Gasteiger partial charge in [-0.15, -0.1) is 0 Å². The highest BCUT2D eigenvalue weighted by molar-refractivity contribution is 5.65. The van der Waals surface area contributed by atoms with Crippen LogP contribution in [-0.4, -0.2) is 30.5 Å².